The van der Waals surface area contributed by atoms with Crippen LogP contribution in [0.5, 0.6) is 11.5 Å². The number of carbonyl (C=O) groups is 3. The average Bonchev–Trinajstić information content (AvgIpc) is 2.88. The summed E-state index contributed by atoms with van der Waals surface area (Å²) in [6.45, 7) is 3.05. The molecule has 0 saturated carbocycles. The van der Waals surface area contributed by atoms with E-state index in [2.05, 4.69) is 9.72 Å². The summed E-state index contributed by atoms with van der Waals surface area (Å²) in [4.78, 5) is 40.5. The van der Waals surface area contributed by atoms with Crippen LogP contribution in [0.2, 0.25) is 0 Å². The van der Waals surface area contributed by atoms with Gasteiger partial charge in [-0.1, -0.05) is 0 Å². The first-order chi connectivity index (χ1) is 15.9. The maximum atomic E-state index is 12.9. The molecule has 2 heterocycles. The van der Waals surface area contributed by atoms with E-state index in [4.69, 9.17) is 9.90 Å². The van der Waals surface area contributed by atoms with Crippen molar-refractivity contribution < 1.29 is 55.7 Å². The third-order valence-electron chi connectivity index (χ3n) is 4.61. The summed E-state index contributed by atoms with van der Waals surface area (Å²) in [5.41, 5.74) is -0.715. The summed E-state index contributed by atoms with van der Waals surface area (Å²) in [7, 11) is 0. The van der Waals surface area contributed by atoms with Gasteiger partial charge in [-0.25, -0.2) is 14.5 Å². The van der Waals surface area contributed by atoms with Crippen molar-refractivity contribution in [1.82, 2.24) is 9.88 Å². The van der Waals surface area contributed by atoms with Crippen molar-refractivity contribution in [3.8, 4) is 11.5 Å². The summed E-state index contributed by atoms with van der Waals surface area (Å²) >= 11 is 0. The van der Waals surface area contributed by atoms with E-state index in [0.29, 0.717) is 5.56 Å². The van der Waals surface area contributed by atoms with E-state index < -0.39 is 41.7 Å². The van der Waals surface area contributed by atoms with Crippen LogP contribution in [0.15, 0.2) is 42.7 Å². The fraction of sp³-hybridized carbons (Fsp3) is 0.300. The molecule has 1 fully saturated rings. The third-order valence-corrected chi connectivity index (χ3v) is 4.61. The predicted octanol–water partition coefficient (Wildman–Crippen LogP) is 4.07. The zero-order valence-corrected chi connectivity index (χ0v) is 17.9. The number of imide groups is 1. The molecule has 190 valence electrons. The second-order valence-corrected chi connectivity index (χ2v) is 7.42. The van der Waals surface area contributed by atoms with Crippen molar-refractivity contribution in [3.63, 3.8) is 0 Å². The molecule has 1 aliphatic rings. The molecule has 3 amide bonds. The van der Waals surface area contributed by atoms with Gasteiger partial charge in [-0.15, -0.1) is 13.2 Å². The van der Waals surface area contributed by atoms with Crippen molar-refractivity contribution in [3.05, 3.63) is 48.3 Å². The summed E-state index contributed by atoms with van der Waals surface area (Å²) in [5.74, 6) is -3.89. The molecule has 9 nitrogen and oxygen atoms in total. The van der Waals surface area contributed by atoms with E-state index in [1.165, 1.54) is 35.5 Å². The van der Waals surface area contributed by atoms with Crippen LogP contribution >= 0.6 is 0 Å². The number of aromatic hydroxyl groups is 1. The van der Waals surface area contributed by atoms with E-state index in [1.807, 2.05) is 0 Å². The zero-order chi connectivity index (χ0) is 26.8. The third kappa shape index (κ3) is 6.51. The Bertz CT molecular complexity index is 1100. The molecule has 0 unspecified atom stereocenters. The van der Waals surface area contributed by atoms with E-state index in [1.54, 1.807) is 13.8 Å². The molecular weight excluding hydrogens is 492 g/mol. The number of halogens is 6. The Balaban J connectivity index is 0.000000540. The first-order valence-corrected chi connectivity index (χ1v) is 9.39. The molecule has 0 radical (unpaired) electrons. The highest BCUT2D eigenvalue weighted by molar-refractivity contribution is 6.22. The second-order valence-electron chi connectivity index (χ2n) is 7.42. The zero-order valence-electron chi connectivity index (χ0n) is 17.9. The number of carboxylic acids is 1. The minimum absolute atomic E-state index is 0.0440. The number of rotatable bonds is 4. The first-order valence-electron chi connectivity index (χ1n) is 9.39. The monoisotopic (exact) mass is 509 g/mol. The minimum atomic E-state index is -5.08. The fourth-order valence-electron chi connectivity index (χ4n) is 2.84. The van der Waals surface area contributed by atoms with Gasteiger partial charge in [-0.3, -0.25) is 9.78 Å². The number of ether oxygens (including phenoxy) is 1. The lowest BCUT2D eigenvalue weighted by atomic mass is 10.0. The lowest BCUT2D eigenvalue weighted by molar-refractivity contribution is -0.274. The molecule has 2 aromatic rings. The maximum Gasteiger partial charge on any atom is 0.573 e. The SMILES string of the molecule is CC1(C)C(=O)N(c2ccc(OC(F)(F)F)cc2)C(=O)N1Cc1ccncc1O.O=C(O)C(F)(F)F. The van der Waals surface area contributed by atoms with Gasteiger partial charge in [0, 0.05) is 11.8 Å². The topological polar surface area (TPSA) is 120 Å². The Hall–Kier alpha value is -4.04. The van der Waals surface area contributed by atoms with Crippen molar-refractivity contribution in [2.24, 2.45) is 0 Å². The van der Waals surface area contributed by atoms with Gasteiger partial charge in [0.1, 0.15) is 17.0 Å². The number of alkyl halides is 6. The van der Waals surface area contributed by atoms with Crippen molar-refractivity contribution in [2.45, 2.75) is 38.5 Å². The number of aliphatic carboxylic acids is 1. The predicted molar refractivity (Wildman–Crippen MR) is 105 cm³/mol. The molecule has 0 spiro atoms. The Morgan fingerprint density at radius 1 is 1.06 bits per heavy atom. The second kappa shape index (κ2) is 9.68. The van der Waals surface area contributed by atoms with E-state index in [-0.39, 0.29) is 18.0 Å². The lowest BCUT2D eigenvalue weighted by Gasteiger charge is -2.27. The molecule has 2 N–H and O–H groups in total. The highest BCUT2D eigenvalue weighted by Crippen LogP contribution is 2.35. The number of pyridine rings is 1. The quantitative estimate of drug-likeness (QED) is 0.471. The number of anilines is 1. The van der Waals surface area contributed by atoms with E-state index in [0.717, 1.165) is 17.0 Å². The molecule has 0 bridgehead atoms. The highest BCUT2D eigenvalue weighted by atomic mass is 19.4. The first kappa shape index (κ1) is 27.2. The molecule has 3 rings (SSSR count). The van der Waals surface area contributed by atoms with Crippen LogP contribution in [-0.4, -0.2) is 56.1 Å². The van der Waals surface area contributed by atoms with Crippen LogP contribution < -0.4 is 9.64 Å². The number of aromatic nitrogens is 1. The van der Waals surface area contributed by atoms with Crippen molar-refractivity contribution in [1.29, 1.82) is 0 Å². The van der Waals surface area contributed by atoms with Gasteiger partial charge in [-0.2, -0.15) is 13.2 Å². The van der Waals surface area contributed by atoms with Gasteiger partial charge in [0.2, 0.25) is 0 Å². The largest absolute Gasteiger partial charge is 0.573 e. The van der Waals surface area contributed by atoms with Crippen LogP contribution in [0.3, 0.4) is 0 Å². The Labute approximate surface area is 193 Å². The molecule has 35 heavy (non-hydrogen) atoms. The van der Waals surface area contributed by atoms with Crippen LogP contribution in [0.25, 0.3) is 0 Å². The number of urea groups is 1. The Kier molecular flexibility index (Phi) is 7.52. The molecule has 0 aliphatic carbocycles. The fourth-order valence-corrected chi connectivity index (χ4v) is 2.84. The standard InChI is InChI=1S/C18H16F3N3O4.C2HF3O2/c1-17(2)15(26)24(12-3-5-13(6-4-12)28-18(19,20)21)16(27)23(17)10-11-7-8-22-9-14(11)25;3-2(4,5)1(6)7/h3-9,25H,10H2,1-2H3;(H,6,7). The number of benzene rings is 1. The summed E-state index contributed by atoms with van der Waals surface area (Å²) in [5, 5.41) is 17.0. The van der Waals surface area contributed by atoms with Gasteiger partial charge in [0.15, 0.2) is 0 Å². The molecule has 15 heteroatoms. The molecule has 0 atom stereocenters. The summed E-state index contributed by atoms with van der Waals surface area (Å²) in [6.07, 6.45) is -7.25. The highest BCUT2D eigenvalue weighted by Gasteiger charge is 2.52. The maximum absolute atomic E-state index is 12.9. The molecule has 1 aliphatic heterocycles. The average molecular weight is 509 g/mol. The number of hydrogen-bond donors (Lipinski definition) is 2. The normalized spacial score (nSPS) is 15.5. The number of carboxylic acid groups (broad SMARTS) is 1. The molecule has 1 aromatic carbocycles. The van der Waals surface area contributed by atoms with Crippen molar-refractivity contribution >= 4 is 23.6 Å². The van der Waals surface area contributed by atoms with Crippen molar-refractivity contribution in [2.75, 3.05) is 4.90 Å². The smallest absolute Gasteiger partial charge is 0.506 e. The van der Waals surface area contributed by atoms with Gasteiger partial charge < -0.3 is 19.8 Å². The summed E-state index contributed by atoms with van der Waals surface area (Å²) < 4.78 is 72.4. The lowest BCUT2D eigenvalue weighted by Crippen LogP contribution is -2.43. The number of nitrogens with zero attached hydrogens (tertiary/aromatic N) is 3. The van der Waals surface area contributed by atoms with Crippen LogP contribution in [0, 0.1) is 0 Å². The van der Waals surface area contributed by atoms with Gasteiger partial charge in [0.25, 0.3) is 5.91 Å². The van der Waals surface area contributed by atoms with Gasteiger partial charge >= 0.3 is 24.5 Å². The minimum Gasteiger partial charge on any atom is -0.506 e. The number of hydrogen-bond acceptors (Lipinski definition) is 6. The van der Waals surface area contributed by atoms with E-state index >= 15 is 0 Å². The Morgan fingerprint density at radius 2 is 1.60 bits per heavy atom. The van der Waals surface area contributed by atoms with Crippen LogP contribution in [0.1, 0.15) is 19.4 Å². The Morgan fingerprint density at radius 3 is 2.06 bits per heavy atom. The van der Waals surface area contributed by atoms with Gasteiger partial charge in [0.05, 0.1) is 18.4 Å². The van der Waals surface area contributed by atoms with Crippen LogP contribution in [-0.2, 0) is 16.1 Å². The number of amides is 3. The van der Waals surface area contributed by atoms with Gasteiger partial charge in [-0.05, 0) is 44.2 Å². The number of carbonyl (C=O) groups excluding carboxylic acids is 2. The molecule has 1 saturated heterocycles. The summed E-state index contributed by atoms with van der Waals surface area (Å²) in [6, 6.07) is 5.30. The molecular formula is C20H17F6N3O6. The van der Waals surface area contributed by atoms with E-state index in [9.17, 15) is 41.0 Å². The molecule has 1 aromatic heterocycles. The van der Waals surface area contributed by atoms with Crippen LogP contribution in [0.4, 0.5) is 36.8 Å².